The molecule has 0 aliphatic heterocycles. The molecule has 0 spiro atoms. The minimum absolute atomic E-state index is 0.208. The monoisotopic (exact) mass is 236 g/mol. The zero-order valence-electron chi connectivity index (χ0n) is 10.7. The van der Waals surface area contributed by atoms with Crippen LogP contribution in [0.2, 0.25) is 0 Å². The van der Waals surface area contributed by atoms with Crippen LogP contribution in [0.1, 0.15) is 17.9 Å². The highest BCUT2D eigenvalue weighted by Gasteiger charge is 2.14. The Morgan fingerprint density at radius 3 is 2.12 bits per heavy atom. The Balaban J connectivity index is 2.74. The summed E-state index contributed by atoms with van der Waals surface area (Å²) in [4.78, 5) is 0. The van der Waals surface area contributed by atoms with Gasteiger partial charge in [0.1, 0.15) is 5.75 Å². The molecule has 0 bridgehead atoms. The lowest BCUT2D eigenvalue weighted by atomic mass is 9.95. The molecule has 0 fully saturated rings. The molecule has 17 heavy (non-hydrogen) atoms. The fourth-order valence-electron chi connectivity index (χ4n) is 1.72. The van der Waals surface area contributed by atoms with Gasteiger partial charge >= 0.3 is 0 Å². The summed E-state index contributed by atoms with van der Waals surface area (Å²) in [6, 6.07) is 7.96. The van der Waals surface area contributed by atoms with Gasteiger partial charge in [0, 0.05) is 26.6 Å². The molecule has 0 saturated carbocycles. The van der Waals surface area contributed by atoms with E-state index in [1.807, 2.05) is 30.3 Å². The fraction of sp³-hybridized carbons (Fsp3) is 0.429. The van der Waals surface area contributed by atoms with Crippen molar-refractivity contribution in [2.75, 3.05) is 21.3 Å². The van der Waals surface area contributed by atoms with E-state index in [-0.39, 0.29) is 12.2 Å². The molecule has 0 aliphatic rings. The molecule has 94 valence electrons. The van der Waals surface area contributed by atoms with Gasteiger partial charge in [-0.15, -0.1) is 6.58 Å². The van der Waals surface area contributed by atoms with Gasteiger partial charge in [0.05, 0.1) is 7.11 Å². The van der Waals surface area contributed by atoms with Crippen LogP contribution >= 0.6 is 0 Å². The van der Waals surface area contributed by atoms with E-state index in [9.17, 15) is 0 Å². The largest absolute Gasteiger partial charge is 0.497 e. The average molecular weight is 236 g/mol. The summed E-state index contributed by atoms with van der Waals surface area (Å²) in [6.45, 7) is 3.86. The van der Waals surface area contributed by atoms with Crippen LogP contribution in [0.4, 0.5) is 0 Å². The summed E-state index contributed by atoms with van der Waals surface area (Å²) < 4.78 is 15.5. The van der Waals surface area contributed by atoms with Gasteiger partial charge in [0.25, 0.3) is 0 Å². The quantitative estimate of drug-likeness (QED) is 0.538. The molecule has 1 atom stereocenters. The van der Waals surface area contributed by atoms with E-state index in [2.05, 4.69) is 6.58 Å². The van der Waals surface area contributed by atoms with Crippen molar-refractivity contribution in [3.05, 3.63) is 42.5 Å². The molecule has 1 aromatic carbocycles. The van der Waals surface area contributed by atoms with Crippen LogP contribution in [-0.2, 0) is 9.47 Å². The molecule has 0 aromatic heterocycles. The first-order chi connectivity index (χ1) is 8.24. The topological polar surface area (TPSA) is 27.7 Å². The Morgan fingerprint density at radius 1 is 1.12 bits per heavy atom. The molecule has 0 heterocycles. The summed E-state index contributed by atoms with van der Waals surface area (Å²) >= 11 is 0. The summed E-state index contributed by atoms with van der Waals surface area (Å²) in [5.74, 6) is 1.07. The van der Waals surface area contributed by atoms with Crippen LogP contribution in [0.15, 0.2) is 36.9 Å². The Morgan fingerprint density at radius 2 is 1.71 bits per heavy atom. The van der Waals surface area contributed by atoms with Gasteiger partial charge in [-0.2, -0.15) is 0 Å². The number of hydrogen-bond acceptors (Lipinski definition) is 3. The Kier molecular flexibility index (Phi) is 5.73. The summed E-state index contributed by atoms with van der Waals surface area (Å²) in [7, 11) is 4.94. The van der Waals surface area contributed by atoms with E-state index in [0.717, 1.165) is 12.2 Å². The lowest BCUT2D eigenvalue weighted by Gasteiger charge is -2.19. The molecule has 1 aromatic rings. The molecule has 0 radical (unpaired) electrons. The van der Waals surface area contributed by atoms with E-state index in [4.69, 9.17) is 14.2 Å². The molecule has 0 aliphatic carbocycles. The molecule has 0 saturated heterocycles. The zero-order valence-corrected chi connectivity index (χ0v) is 10.7. The molecular weight excluding hydrogens is 216 g/mol. The third kappa shape index (κ3) is 3.88. The number of allylic oxidation sites excluding steroid dienone is 1. The van der Waals surface area contributed by atoms with Crippen molar-refractivity contribution >= 4 is 0 Å². The average Bonchev–Trinajstić information content (AvgIpc) is 2.40. The van der Waals surface area contributed by atoms with Gasteiger partial charge < -0.3 is 14.2 Å². The van der Waals surface area contributed by atoms with E-state index in [1.54, 1.807) is 21.3 Å². The van der Waals surface area contributed by atoms with Crippen LogP contribution in [0.3, 0.4) is 0 Å². The molecular formula is C14H20O3. The normalized spacial score (nSPS) is 12.5. The minimum Gasteiger partial charge on any atom is -0.497 e. The molecule has 0 N–H and O–H groups in total. The lowest BCUT2D eigenvalue weighted by molar-refractivity contribution is -0.107. The first-order valence-corrected chi connectivity index (χ1v) is 5.57. The van der Waals surface area contributed by atoms with Crippen LogP contribution in [0, 0.1) is 0 Å². The Hall–Kier alpha value is -1.32. The molecule has 3 nitrogen and oxygen atoms in total. The predicted molar refractivity (Wildman–Crippen MR) is 68.4 cm³/mol. The number of hydrogen-bond donors (Lipinski definition) is 0. The highest BCUT2D eigenvalue weighted by molar-refractivity contribution is 5.31. The Labute approximate surface area is 103 Å². The van der Waals surface area contributed by atoms with Crippen molar-refractivity contribution in [1.82, 2.24) is 0 Å². The third-order valence-electron chi connectivity index (χ3n) is 2.80. The van der Waals surface area contributed by atoms with Crippen molar-refractivity contribution < 1.29 is 14.2 Å². The van der Waals surface area contributed by atoms with E-state index < -0.39 is 0 Å². The van der Waals surface area contributed by atoms with Crippen molar-refractivity contribution in [2.24, 2.45) is 0 Å². The van der Waals surface area contributed by atoms with Gasteiger partial charge in [-0.05, 0) is 17.7 Å². The second kappa shape index (κ2) is 7.09. The summed E-state index contributed by atoms with van der Waals surface area (Å²) in [5.41, 5.74) is 1.18. The second-order valence-corrected chi connectivity index (χ2v) is 3.75. The second-order valence-electron chi connectivity index (χ2n) is 3.75. The van der Waals surface area contributed by atoms with Crippen LogP contribution in [0.5, 0.6) is 5.75 Å². The number of ether oxygens (including phenoxy) is 3. The first-order valence-electron chi connectivity index (χ1n) is 5.57. The van der Waals surface area contributed by atoms with E-state index >= 15 is 0 Å². The molecule has 3 heteroatoms. The van der Waals surface area contributed by atoms with Crippen LogP contribution in [-0.4, -0.2) is 27.6 Å². The predicted octanol–water partition coefficient (Wildman–Crippen LogP) is 2.97. The zero-order chi connectivity index (χ0) is 12.7. The summed E-state index contributed by atoms with van der Waals surface area (Å²) in [6.07, 6.45) is 2.45. The number of methoxy groups -OCH3 is 3. The molecule has 1 rings (SSSR count). The molecule has 0 amide bonds. The van der Waals surface area contributed by atoms with Gasteiger partial charge in [0.15, 0.2) is 6.29 Å². The van der Waals surface area contributed by atoms with Crippen molar-refractivity contribution in [2.45, 2.75) is 18.6 Å². The Bertz CT molecular complexity index is 328. The minimum atomic E-state index is -0.208. The van der Waals surface area contributed by atoms with Gasteiger partial charge in [0.2, 0.25) is 0 Å². The fourth-order valence-corrected chi connectivity index (χ4v) is 1.72. The first kappa shape index (κ1) is 13.7. The van der Waals surface area contributed by atoms with Gasteiger partial charge in [-0.3, -0.25) is 0 Å². The highest BCUT2D eigenvalue weighted by atomic mass is 16.7. The maximum absolute atomic E-state index is 5.20. The molecule has 0 unspecified atom stereocenters. The number of benzene rings is 1. The van der Waals surface area contributed by atoms with E-state index in [0.29, 0.717) is 0 Å². The SMILES string of the molecule is C=C[C@@H](CC(OC)OC)c1ccc(OC)cc1. The van der Waals surface area contributed by atoms with Crippen molar-refractivity contribution in [3.63, 3.8) is 0 Å². The number of rotatable bonds is 7. The summed E-state index contributed by atoms with van der Waals surface area (Å²) in [5, 5.41) is 0. The van der Waals surface area contributed by atoms with Crippen LogP contribution < -0.4 is 4.74 Å². The van der Waals surface area contributed by atoms with Crippen molar-refractivity contribution in [1.29, 1.82) is 0 Å². The smallest absolute Gasteiger partial charge is 0.157 e. The van der Waals surface area contributed by atoms with Gasteiger partial charge in [-0.1, -0.05) is 18.2 Å². The third-order valence-corrected chi connectivity index (χ3v) is 2.80. The maximum atomic E-state index is 5.20. The standard InChI is InChI=1S/C14H20O3/c1-5-11(10-14(16-3)17-4)12-6-8-13(15-2)9-7-12/h5-9,11,14H,1,10H2,2-4H3/t11-/m0/s1. The maximum Gasteiger partial charge on any atom is 0.157 e. The van der Waals surface area contributed by atoms with Gasteiger partial charge in [-0.25, -0.2) is 0 Å². The van der Waals surface area contributed by atoms with Crippen LogP contribution in [0.25, 0.3) is 0 Å². The highest BCUT2D eigenvalue weighted by Crippen LogP contribution is 2.25. The van der Waals surface area contributed by atoms with Crippen molar-refractivity contribution in [3.8, 4) is 5.75 Å². The van der Waals surface area contributed by atoms with E-state index in [1.165, 1.54) is 5.56 Å². The lowest BCUT2D eigenvalue weighted by Crippen LogP contribution is -2.16.